The SMILES string of the molecule is ClCc1cccc(Cl)c1-c1ccc(Cl)c(Cl)c1. The van der Waals surface area contributed by atoms with Crippen LogP contribution in [0.5, 0.6) is 0 Å². The van der Waals surface area contributed by atoms with Crippen LogP contribution < -0.4 is 0 Å². The van der Waals surface area contributed by atoms with Crippen LogP contribution in [0.3, 0.4) is 0 Å². The molecule has 17 heavy (non-hydrogen) atoms. The van der Waals surface area contributed by atoms with Gasteiger partial charge in [0.25, 0.3) is 0 Å². The molecule has 0 aliphatic carbocycles. The highest BCUT2D eigenvalue weighted by Crippen LogP contribution is 2.35. The lowest BCUT2D eigenvalue weighted by Crippen LogP contribution is -1.88. The second-order valence-electron chi connectivity index (χ2n) is 3.54. The zero-order valence-electron chi connectivity index (χ0n) is 8.68. The molecule has 0 nitrogen and oxygen atoms in total. The Kier molecular flexibility index (Phi) is 4.22. The Morgan fingerprint density at radius 1 is 0.824 bits per heavy atom. The predicted molar refractivity (Wildman–Crippen MR) is 76.5 cm³/mol. The molecule has 88 valence electrons. The fourth-order valence-electron chi connectivity index (χ4n) is 1.66. The third-order valence-electron chi connectivity index (χ3n) is 2.45. The second kappa shape index (κ2) is 5.49. The third-order valence-corrected chi connectivity index (χ3v) is 3.79. The summed E-state index contributed by atoms with van der Waals surface area (Å²) < 4.78 is 0. The van der Waals surface area contributed by atoms with Gasteiger partial charge in [-0.25, -0.2) is 0 Å². The maximum atomic E-state index is 6.20. The monoisotopic (exact) mass is 304 g/mol. The summed E-state index contributed by atoms with van der Waals surface area (Å²) in [5, 5.41) is 1.68. The molecular weight excluding hydrogens is 298 g/mol. The number of halogens is 4. The van der Waals surface area contributed by atoms with Gasteiger partial charge in [-0.05, 0) is 29.3 Å². The molecule has 0 amide bonds. The molecule has 0 N–H and O–H groups in total. The van der Waals surface area contributed by atoms with Crippen molar-refractivity contribution in [2.24, 2.45) is 0 Å². The smallest absolute Gasteiger partial charge is 0.0598 e. The normalized spacial score (nSPS) is 10.6. The molecule has 2 aromatic carbocycles. The van der Waals surface area contributed by atoms with E-state index in [4.69, 9.17) is 46.4 Å². The Morgan fingerprint density at radius 3 is 2.24 bits per heavy atom. The van der Waals surface area contributed by atoms with E-state index in [2.05, 4.69) is 0 Å². The summed E-state index contributed by atoms with van der Waals surface area (Å²) in [5.41, 5.74) is 2.79. The summed E-state index contributed by atoms with van der Waals surface area (Å²) in [5.74, 6) is 0.399. The number of alkyl halides is 1. The van der Waals surface area contributed by atoms with Crippen molar-refractivity contribution in [3.63, 3.8) is 0 Å². The Morgan fingerprint density at radius 2 is 1.59 bits per heavy atom. The predicted octanol–water partition coefficient (Wildman–Crippen LogP) is 6.05. The number of hydrogen-bond donors (Lipinski definition) is 0. The molecule has 2 rings (SSSR count). The summed E-state index contributed by atoms with van der Waals surface area (Å²) in [6.07, 6.45) is 0. The number of hydrogen-bond acceptors (Lipinski definition) is 0. The third kappa shape index (κ3) is 2.71. The van der Waals surface area contributed by atoms with E-state index in [9.17, 15) is 0 Å². The Bertz CT molecular complexity index is 549. The molecule has 0 aliphatic rings. The van der Waals surface area contributed by atoms with Gasteiger partial charge in [-0.15, -0.1) is 11.6 Å². The van der Waals surface area contributed by atoms with E-state index in [1.54, 1.807) is 12.1 Å². The number of rotatable bonds is 2. The first kappa shape index (κ1) is 13.0. The van der Waals surface area contributed by atoms with E-state index < -0.39 is 0 Å². The lowest BCUT2D eigenvalue weighted by molar-refractivity contribution is 1.40. The first-order chi connectivity index (χ1) is 8.13. The molecule has 0 spiro atoms. The Hall–Kier alpha value is -0.400. The van der Waals surface area contributed by atoms with Crippen molar-refractivity contribution in [1.29, 1.82) is 0 Å². The molecule has 0 saturated heterocycles. The average molecular weight is 306 g/mol. The van der Waals surface area contributed by atoms with Crippen molar-refractivity contribution in [1.82, 2.24) is 0 Å². The summed E-state index contributed by atoms with van der Waals surface area (Å²) >= 11 is 24.0. The van der Waals surface area contributed by atoms with Crippen molar-refractivity contribution < 1.29 is 0 Å². The highest BCUT2D eigenvalue weighted by atomic mass is 35.5. The van der Waals surface area contributed by atoms with E-state index in [-0.39, 0.29) is 0 Å². The van der Waals surface area contributed by atoms with Crippen molar-refractivity contribution in [3.05, 3.63) is 57.0 Å². The first-order valence-electron chi connectivity index (χ1n) is 4.92. The van der Waals surface area contributed by atoms with Crippen molar-refractivity contribution in [2.45, 2.75) is 5.88 Å². The fraction of sp³-hybridized carbons (Fsp3) is 0.0769. The Balaban J connectivity index is 2.63. The van der Waals surface area contributed by atoms with Crippen LogP contribution in [0.15, 0.2) is 36.4 Å². The quantitative estimate of drug-likeness (QED) is 0.592. The maximum absolute atomic E-state index is 6.20. The van der Waals surface area contributed by atoms with Crippen molar-refractivity contribution in [3.8, 4) is 11.1 Å². The molecule has 2 aromatic rings. The Labute approximate surface area is 120 Å². The van der Waals surface area contributed by atoms with Crippen LogP contribution in [0, 0.1) is 0 Å². The van der Waals surface area contributed by atoms with E-state index in [0.29, 0.717) is 20.9 Å². The molecule has 0 saturated carbocycles. The van der Waals surface area contributed by atoms with Gasteiger partial charge in [0.05, 0.1) is 10.0 Å². The lowest BCUT2D eigenvalue weighted by Gasteiger charge is -2.10. The van der Waals surface area contributed by atoms with Crippen LogP contribution in [0.4, 0.5) is 0 Å². The van der Waals surface area contributed by atoms with Gasteiger partial charge in [-0.1, -0.05) is 53.0 Å². The van der Waals surface area contributed by atoms with Gasteiger partial charge in [0.15, 0.2) is 0 Å². The van der Waals surface area contributed by atoms with Crippen LogP contribution in [-0.4, -0.2) is 0 Å². The minimum Gasteiger partial charge on any atom is -0.122 e. The standard InChI is InChI=1S/C13H8Cl4/c14-7-9-2-1-3-11(16)13(9)8-4-5-10(15)12(17)6-8/h1-6H,7H2. The van der Waals surface area contributed by atoms with Gasteiger partial charge in [0, 0.05) is 16.5 Å². The molecular formula is C13H8Cl4. The molecule has 0 aromatic heterocycles. The van der Waals surface area contributed by atoms with Crippen LogP contribution in [0.25, 0.3) is 11.1 Å². The van der Waals surface area contributed by atoms with E-state index in [1.807, 2.05) is 24.3 Å². The molecule has 0 unspecified atom stereocenters. The average Bonchev–Trinajstić information content (AvgIpc) is 2.32. The minimum atomic E-state index is 0.399. The van der Waals surface area contributed by atoms with E-state index in [1.165, 1.54) is 0 Å². The van der Waals surface area contributed by atoms with Gasteiger partial charge in [0.2, 0.25) is 0 Å². The molecule has 0 aliphatic heterocycles. The largest absolute Gasteiger partial charge is 0.122 e. The van der Waals surface area contributed by atoms with E-state index >= 15 is 0 Å². The highest BCUT2D eigenvalue weighted by molar-refractivity contribution is 6.42. The second-order valence-corrected chi connectivity index (χ2v) is 5.03. The number of benzene rings is 2. The molecule has 0 atom stereocenters. The fourth-order valence-corrected chi connectivity index (χ4v) is 2.48. The van der Waals surface area contributed by atoms with Crippen molar-refractivity contribution in [2.75, 3.05) is 0 Å². The van der Waals surface area contributed by atoms with Gasteiger partial charge in [0.1, 0.15) is 0 Å². The van der Waals surface area contributed by atoms with E-state index in [0.717, 1.165) is 16.7 Å². The topological polar surface area (TPSA) is 0 Å². The zero-order chi connectivity index (χ0) is 12.4. The molecule has 0 bridgehead atoms. The van der Waals surface area contributed by atoms with Crippen LogP contribution >= 0.6 is 46.4 Å². The van der Waals surface area contributed by atoms with Crippen LogP contribution in [-0.2, 0) is 5.88 Å². The summed E-state index contributed by atoms with van der Waals surface area (Å²) in [6, 6.07) is 11.1. The maximum Gasteiger partial charge on any atom is 0.0598 e. The van der Waals surface area contributed by atoms with Gasteiger partial charge in [-0.3, -0.25) is 0 Å². The van der Waals surface area contributed by atoms with Crippen LogP contribution in [0.1, 0.15) is 5.56 Å². The lowest BCUT2D eigenvalue weighted by atomic mass is 10.0. The van der Waals surface area contributed by atoms with Crippen LogP contribution in [0.2, 0.25) is 15.1 Å². The van der Waals surface area contributed by atoms with Crippen molar-refractivity contribution >= 4 is 46.4 Å². The van der Waals surface area contributed by atoms with Gasteiger partial charge >= 0.3 is 0 Å². The van der Waals surface area contributed by atoms with Gasteiger partial charge < -0.3 is 0 Å². The molecule has 0 heterocycles. The summed E-state index contributed by atoms with van der Waals surface area (Å²) in [4.78, 5) is 0. The molecule has 4 heteroatoms. The zero-order valence-corrected chi connectivity index (χ0v) is 11.7. The summed E-state index contributed by atoms with van der Waals surface area (Å²) in [6.45, 7) is 0. The molecule has 0 fully saturated rings. The first-order valence-corrected chi connectivity index (χ1v) is 6.59. The minimum absolute atomic E-state index is 0.399. The highest BCUT2D eigenvalue weighted by Gasteiger charge is 2.10. The molecule has 0 radical (unpaired) electrons. The van der Waals surface area contributed by atoms with Gasteiger partial charge in [-0.2, -0.15) is 0 Å². The summed E-state index contributed by atoms with van der Waals surface area (Å²) in [7, 11) is 0.